The minimum absolute atomic E-state index is 0.0476. The van der Waals surface area contributed by atoms with Crippen LogP contribution in [-0.4, -0.2) is 30.8 Å². The van der Waals surface area contributed by atoms with Crippen molar-refractivity contribution in [3.05, 3.63) is 82.1 Å². The third-order valence-electron chi connectivity index (χ3n) is 4.56. The summed E-state index contributed by atoms with van der Waals surface area (Å²) in [5.74, 6) is 0.828. The zero-order chi connectivity index (χ0) is 24.0. The number of nitro groups is 1. The first-order valence-corrected chi connectivity index (χ1v) is 11.2. The van der Waals surface area contributed by atoms with E-state index in [0.717, 1.165) is 0 Å². The predicted octanol–water partition coefficient (Wildman–Crippen LogP) is 5.29. The van der Waals surface area contributed by atoms with Gasteiger partial charge in [0.25, 0.3) is 5.69 Å². The lowest BCUT2D eigenvalue weighted by molar-refractivity contribution is -0.384. The zero-order valence-electron chi connectivity index (χ0n) is 18.0. The van der Waals surface area contributed by atoms with Crippen LogP contribution in [0.15, 0.2) is 66.3 Å². The maximum absolute atomic E-state index is 12.6. The molecule has 0 fully saturated rings. The van der Waals surface area contributed by atoms with Gasteiger partial charge in [0, 0.05) is 24.4 Å². The molecule has 2 aromatic carbocycles. The molecule has 2 atom stereocenters. The van der Waals surface area contributed by atoms with Gasteiger partial charge in [-0.15, -0.1) is 16.8 Å². The monoisotopic (exact) mass is 487 g/mol. The predicted molar refractivity (Wildman–Crippen MR) is 128 cm³/mol. The first kappa shape index (κ1) is 24.3. The van der Waals surface area contributed by atoms with Crippen molar-refractivity contribution < 1.29 is 14.5 Å². The molecule has 0 aliphatic rings. The lowest BCUT2D eigenvalue weighted by Gasteiger charge is -2.17. The summed E-state index contributed by atoms with van der Waals surface area (Å²) < 4.78 is 7.79. The number of nitro benzene ring substituents is 1. The quantitative estimate of drug-likeness (QED) is 0.179. The summed E-state index contributed by atoms with van der Waals surface area (Å²) in [4.78, 5) is 22.9. The first-order chi connectivity index (χ1) is 15.8. The lowest BCUT2D eigenvalue weighted by atomic mass is 10.3. The third-order valence-corrected chi connectivity index (χ3v) is 5.95. The number of hydrogen-bond donors (Lipinski definition) is 1. The van der Waals surface area contributed by atoms with Crippen LogP contribution in [0.1, 0.15) is 25.8 Å². The number of nitrogens with one attached hydrogen (secondary N) is 1. The molecule has 33 heavy (non-hydrogen) atoms. The molecule has 3 rings (SSSR count). The summed E-state index contributed by atoms with van der Waals surface area (Å²) >= 11 is 7.42. The van der Waals surface area contributed by atoms with Gasteiger partial charge in [-0.2, -0.15) is 0 Å². The smallest absolute Gasteiger partial charge is 0.269 e. The van der Waals surface area contributed by atoms with Crippen LogP contribution in [0.3, 0.4) is 0 Å². The Bertz CT molecular complexity index is 1150. The molecular weight excluding hydrogens is 466 g/mol. The maximum atomic E-state index is 12.6. The fraction of sp³-hybridized carbons (Fsp3) is 0.227. The number of non-ortho nitro benzene ring substituents is 1. The van der Waals surface area contributed by atoms with Crippen LogP contribution in [0, 0.1) is 10.1 Å². The molecule has 1 N–H and O–H groups in total. The Balaban J connectivity index is 1.71. The number of aromatic nitrogens is 3. The van der Waals surface area contributed by atoms with E-state index in [9.17, 15) is 14.9 Å². The molecule has 0 spiro atoms. The normalized spacial score (nSPS) is 12.6. The molecule has 11 heteroatoms. The van der Waals surface area contributed by atoms with Gasteiger partial charge in [0.1, 0.15) is 5.75 Å². The van der Waals surface area contributed by atoms with Crippen LogP contribution in [-0.2, 0) is 11.3 Å². The fourth-order valence-electron chi connectivity index (χ4n) is 2.89. The molecule has 1 heterocycles. The molecule has 0 aliphatic carbocycles. The summed E-state index contributed by atoms with van der Waals surface area (Å²) in [5.41, 5.74) is 0.418. The van der Waals surface area contributed by atoms with E-state index in [1.807, 2.05) is 23.6 Å². The highest BCUT2D eigenvalue weighted by Crippen LogP contribution is 2.30. The zero-order valence-corrected chi connectivity index (χ0v) is 19.5. The summed E-state index contributed by atoms with van der Waals surface area (Å²) in [6, 6.07) is 12.8. The number of nitrogens with zero attached hydrogens (tertiary/aromatic N) is 4. The van der Waals surface area contributed by atoms with Crippen LogP contribution >= 0.6 is 23.4 Å². The van der Waals surface area contributed by atoms with E-state index in [0.29, 0.717) is 34.0 Å². The Morgan fingerprint density at radius 1 is 1.27 bits per heavy atom. The molecule has 0 saturated carbocycles. The number of carbonyl (C=O) groups is 1. The second kappa shape index (κ2) is 11.0. The number of ether oxygens (including phenoxy) is 1. The van der Waals surface area contributed by atoms with Gasteiger partial charge in [-0.1, -0.05) is 41.6 Å². The molecular formula is C22H22ClN5O4S. The number of benzene rings is 2. The van der Waals surface area contributed by atoms with Crippen LogP contribution in [0.5, 0.6) is 5.75 Å². The summed E-state index contributed by atoms with van der Waals surface area (Å²) in [5, 5.41) is 22.5. The molecule has 3 aromatic rings. The molecule has 0 radical (unpaired) electrons. The van der Waals surface area contributed by atoms with Crippen LogP contribution in [0.25, 0.3) is 0 Å². The molecule has 172 valence electrons. The van der Waals surface area contributed by atoms with Crippen molar-refractivity contribution in [3.63, 3.8) is 0 Å². The average Bonchev–Trinajstić information content (AvgIpc) is 3.18. The minimum atomic E-state index is -0.513. The van der Waals surface area contributed by atoms with Crippen molar-refractivity contribution >= 4 is 40.6 Å². The van der Waals surface area contributed by atoms with Gasteiger partial charge >= 0.3 is 0 Å². The Hall–Kier alpha value is -3.37. The van der Waals surface area contributed by atoms with Crippen molar-refractivity contribution in [2.75, 3.05) is 5.32 Å². The number of hydrogen-bond acceptors (Lipinski definition) is 7. The fourth-order valence-corrected chi connectivity index (χ4v) is 3.94. The van der Waals surface area contributed by atoms with Gasteiger partial charge in [-0.3, -0.25) is 19.5 Å². The largest absolute Gasteiger partial charge is 0.481 e. The van der Waals surface area contributed by atoms with Gasteiger partial charge in [0.15, 0.2) is 17.1 Å². The number of amides is 1. The number of para-hydroxylation sites is 1. The van der Waals surface area contributed by atoms with E-state index in [2.05, 4.69) is 22.1 Å². The van der Waals surface area contributed by atoms with Crippen molar-refractivity contribution in [3.8, 4) is 5.75 Å². The Morgan fingerprint density at radius 2 is 1.97 bits per heavy atom. The highest BCUT2D eigenvalue weighted by molar-refractivity contribution is 8.00. The summed E-state index contributed by atoms with van der Waals surface area (Å²) in [6.07, 6.45) is 1.26. The molecule has 1 aromatic heterocycles. The molecule has 2 unspecified atom stereocenters. The lowest BCUT2D eigenvalue weighted by Crippen LogP contribution is -2.23. The SMILES string of the molecule is C=CCn1c(SC(C)C(=O)Nc2ccc([N+](=O)[O-])cc2)nnc1C(C)Oc1ccccc1Cl. The highest BCUT2D eigenvalue weighted by atomic mass is 35.5. The van der Waals surface area contributed by atoms with Gasteiger partial charge in [0.2, 0.25) is 5.91 Å². The van der Waals surface area contributed by atoms with Crippen molar-refractivity contribution in [2.45, 2.75) is 36.9 Å². The number of halogens is 1. The Labute approximate surface area is 200 Å². The Kier molecular flexibility index (Phi) is 8.07. The molecule has 0 aliphatic heterocycles. The third kappa shape index (κ3) is 6.11. The Morgan fingerprint density at radius 3 is 2.61 bits per heavy atom. The molecule has 0 bridgehead atoms. The summed E-state index contributed by atoms with van der Waals surface area (Å²) in [6.45, 7) is 7.80. The summed E-state index contributed by atoms with van der Waals surface area (Å²) in [7, 11) is 0. The van der Waals surface area contributed by atoms with Crippen LogP contribution < -0.4 is 10.1 Å². The van der Waals surface area contributed by atoms with Crippen molar-refractivity contribution in [1.29, 1.82) is 0 Å². The maximum Gasteiger partial charge on any atom is 0.269 e. The molecule has 9 nitrogen and oxygen atoms in total. The van der Waals surface area contributed by atoms with Crippen LogP contribution in [0.2, 0.25) is 5.02 Å². The van der Waals surface area contributed by atoms with E-state index >= 15 is 0 Å². The second-order valence-corrected chi connectivity index (χ2v) is 8.70. The van der Waals surface area contributed by atoms with Crippen molar-refractivity contribution in [2.24, 2.45) is 0 Å². The highest BCUT2D eigenvalue weighted by Gasteiger charge is 2.23. The van der Waals surface area contributed by atoms with E-state index in [-0.39, 0.29) is 11.6 Å². The number of allylic oxidation sites excluding steroid dienone is 1. The topological polar surface area (TPSA) is 112 Å². The van der Waals surface area contributed by atoms with Gasteiger partial charge in [0.05, 0.1) is 15.2 Å². The van der Waals surface area contributed by atoms with Crippen molar-refractivity contribution in [1.82, 2.24) is 14.8 Å². The minimum Gasteiger partial charge on any atom is -0.481 e. The van der Waals surface area contributed by atoms with Gasteiger partial charge in [-0.05, 0) is 38.1 Å². The van der Waals surface area contributed by atoms with Crippen LogP contribution in [0.4, 0.5) is 11.4 Å². The number of rotatable bonds is 10. The standard InChI is InChI=1S/C22H22ClN5O4S/c1-4-13-27-20(14(2)32-19-8-6-5-7-18(19)23)25-26-22(27)33-15(3)21(29)24-16-9-11-17(12-10-16)28(30)31/h4-12,14-15H,1,13H2,2-3H3,(H,24,29). The number of carbonyl (C=O) groups excluding carboxylic acids is 1. The number of anilines is 1. The second-order valence-electron chi connectivity index (χ2n) is 6.98. The average molecular weight is 488 g/mol. The molecule has 1 amide bonds. The number of thioether (sulfide) groups is 1. The van der Waals surface area contributed by atoms with E-state index < -0.39 is 16.3 Å². The first-order valence-electron chi connectivity index (χ1n) is 9.97. The van der Waals surface area contributed by atoms with E-state index in [1.165, 1.54) is 36.0 Å². The van der Waals surface area contributed by atoms with Gasteiger partial charge in [-0.25, -0.2) is 0 Å². The van der Waals surface area contributed by atoms with Gasteiger partial charge < -0.3 is 10.1 Å². The van der Waals surface area contributed by atoms with E-state index in [4.69, 9.17) is 16.3 Å². The van der Waals surface area contributed by atoms with E-state index in [1.54, 1.807) is 25.1 Å². The molecule has 0 saturated heterocycles.